The predicted octanol–water partition coefficient (Wildman–Crippen LogP) is 3.10. The minimum absolute atomic E-state index is 0.114. The molecular weight excluding hydrogens is 441 g/mol. The highest BCUT2D eigenvalue weighted by molar-refractivity contribution is 5.90. The Balaban J connectivity index is 1.56. The number of aromatic amines is 1. The molecule has 7 heteroatoms. The number of anilines is 1. The summed E-state index contributed by atoms with van der Waals surface area (Å²) in [6.07, 6.45) is 8.12. The molecule has 174 valence electrons. The predicted molar refractivity (Wildman–Crippen MR) is 135 cm³/mol. The van der Waals surface area contributed by atoms with Gasteiger partial charge < -0.3 is 19.6 Å². The van der Waals surface area contributed by atoms with E-state index in [2.05, 4.69) is 27.0 Å². The molecule has 0 bridgehead atoms. The van der Waals surface area contributed by atoms with Crippen molar-refractivity contribution >= 4 is 23.5 Å². The molecule has 2 N–H and O–H groups in total. The van der Waals surface area contributed by atoms with E-state index in [0.717, 1.165) is 55.5 Å². The number of aromatic hydroxyl groups is 1. The number of nitrogens with zero attached hydrogens (tertiary/aromatic N) is 4. The van der Waals surface area contributed by atoms with Crippen molar-refractivity contribution in [3.05, 3.63) is 99.5 Å². The second-order valence-corrected chi connectivity index (χ2v) is 8.81. The molecule has 0 saturated carbocycles. The van der Waals surface area contributed by atoms with Crippen LogP contribution < -0.4 is 20.8 Å². The number of halogens is 1. The van der Waals surface area contributed by atoms with E-state index < -0.39 is 0 Å². The monoisotopic (exact) mass is 465 g/mol. The van der Waals surface area contributed by atoms with Gasteiger partial charge in [-0.15, -0.1) is 0 Å². The van der Waals surface area contributed by atoms with Crippen molar-refractivity contribution in [2.75, 3.05) is 11.4 Å². The lowest BCUT2D eigenvalue weighted by molar-refractivity contribution is 0.457. The first-order chi connectivity index (χ1) is 17.0. The van der Waals surface area contributed by atoms with Gasteiger partial charge in [0.05, 0.1) is 34.6 Å². The minimum atomic E-state index is -0.273. The van der Waals surface area contributed by atoms with Crippen LogP contribution in [0, 0.1) is 12.7 Å². The summed E-state index contributed by atoms with van der Waals surface area (Å²) in [5.41, 5.74) is 6.19. The second kappa shape index (κ2) is 8.13. The molecule has 0 unspecified atom stereocenters. The molecule has 1 aromatic carbocycles. The first-order valence-electron chi connectivity index (χ1n) is 11.5. The number of hydrogen-bond donors (Lipinski definition) is 2. The molecule has 1 aliphatic carbocycles. The topological polar surface area (TPSA) is 69.4 Å². The summed E-state index contributed by atoms with van der Waals surface area (Å²) in [5.74, 6) is -0.159. The Bertz CT molecular complexity index is 1690. The van der Waals surface area contributed by atoms with Crippen molar-refractivity contribution < 1.29 is 9.50 Å². The van der Waals surface area contributed by atoms with Crippen molar-refractivity contribution in [3.8, 4) is 17.1 Å². The Hall–Kier alpha value is -4.39. The number of aryl methyl sites for hydroxylation is 2. The van der Waals surface area contributed by atoms with Crippen LogP contribution in [0.1, 0.15) is 17.0 Å². The van der Waals surface area contributed by atoms with Crippen LogP contribution in [0.25, 0.3) is 29.1 Å². The molecule has 0 spiro atoms. The minimum Gasteiger partial charge on any atom is -0.494 e. The van der Waals surface area contributed by atoms with Crippen LogP contribution in [-0.2, 0) is 13.6 Å². The van der Waals surface area contributed by atoms with Gasteiger partial charge in [-0.3, -0.25) is 9.98 Å². The van der Waals surface area contributed by atoms with Crippen LogP contribution in [0.3, 0.4) is 0 Å². The number of nitrogens with one attached hydrogen (secondary N) is 1. The van der Waals surface area contributed by atoms with Crippen LogP contribution in [-0.4, -0.2) is 26.2 Å². The fourth-order valence-corrected chi connectivity index (χ4v) is 4.90. The average Bonchev–Trinajstić information content (AvgIpc) is 3.06. The lowest BCUT2D eigenvalue weighted by atomic mass is 10.1. The highest BCUT2D eigenvalue weighted by atomic mass is 19.1. The third-order valence-electron chi connectivity index (χ3n) is 6.51. The molecule has 0 amide bonds. The summed E-state index contributed by atoms with van der Waals surface area (Å²) in [4.78, 5) is 14.7. The third kappa shape index (κ3) is 3.56. The third-order valence-corrected chi connectivity index (χ3v) is 6.51. The summed E-state index contributed by atoms with van der Waals surface area (Å²) in [6.45, 7) is 3.02. The van der Waals surface area contributed by atoms with E-state index in [1.165, 1.54) is 12.1 Å². The summed E-state index contributed by atoms with van der Waals surface area (Å²) >= 11 is 0. The van der Waals surface area contributed by atoms with Gasteiger partial charge in [0.15, 0.2) is 5.88 Å². The van der Waals surface area contributed by atoms with Gasteiger partial charge in [-0.25, -0.2) is 4.39 Å². The van der Waals surface area contributed by atoms with E-state index in [4.69, 9.17) is 4.99 Å². The number of fused-ring (bicyclic) bond motifs is 2. The van der Waals surface area contributed by atoms with Gasteiger partial charge in [0.1, 0.15) is 5.82 Å². The van der Waals surface area contributed by atoms with Crippen LogP contribution in [0.2, 0.25) is 0 Å². The van der Waals surface area contributed by atoms with E-state index in [9.17, 15) is 9.50 Å². The largest absolute Gasteiger partial charge is 0.494 e. The van der Waals surface area contributed by atoms with Gasteiger partial charge >= 0.3 is 0 Å². The molecular formula is C28H24FN5O. The Kier molecular flexibility index (Phi) is 4.91. The lowest BCUT2D eigenvalue weighted by Gasteiger charge is -2.26. The smallest absolute Gasteiger partial charge is 0.199 e. The molecule has 4 aromatic rings. The second-order valence-electron chi connectivity index (χ2n) is 8.81. The molecule has 35 heavy (non-hydrogen) atoms. The highest BCUT2D eigenvalue weighted by Crippen LogP contribution is 2.31. The Labute approximate surface area is 201 Å². The van der Waals surface area contributed by atoms with E-state index >= 15 is 0 Å². The average molecular weight is 466 g/mol. The lowest BCUT2D eigenvalue weighted by Crippen LogP contribution is -2.39. The molecule has 2 aliphatic rings. The normalized spacial score (nSPS) is 14.4. The van der Waals surface area contributed by atoms with Crippen LogP contribution >= 0.6 is 0 Å². The molecule has 0 atom stereocenters. The van der Waals surface area contributed by atoms with Crippen molar-refractivity contribution in [1.29, 1.82) is 0 Å². The maximum absolute atomic E-state index is 13.6. The molecule has 0 saturated heterocycles. The zero-order valence-electron chi connectivity index (χ0n) is 19.5. The molecule has 0 fully saturated rings. The van der Waals surface area contributed by atoms with Gasteiger partial charge in [0, 0.05) is 47.3 Å². The fraction of sp³-hybridized carbons (Fsp3) is 0.143. The Morgan fingerprint density at radius 3 is 2.74 bits per heavy atom. The zero-order chi connectivity index (χ0) is 24.1. The molecule has 6 rings (SSSR count). The maximum Gasteiger partial charge on any atom is 0.199 e. The van der Waals surface area contributed by atoms with E-state index in [-0.39, 0.29) is 11.7 Å². The first kappa shape index (κ1) is 21.2. The SMILES string of the molecule is Cc1cccc(CN=c2ccn(C)c3c2C=CC2=c4c-3c(O)[nH]c4=CCN2c2ccc(F)cc2)n1. The Morgan fingerprint density at radius 2 is 1.94 bits per heavy atom. The zero-order valence-corrected chi connectivity index (χ0v) is 19.5. The summed E-state index contributed by atoms with van der Waals surface area (Å²) in [5, 5.41) is 13.6. The molecule has 4 heterocycles. The molecule has 1 aliphatic heterocycles. The van der Waals surface area contributed by atoms with Crippen LogP contribution in [0.4, 0.5) is 10.1 Å². The fourth-order valence-electron chi connectivity index (χ4n) is 4.90. The van der Waals surface area contributed by atoms with E-state index in [1.807, 2.05) is 55.1 Å². The number of pyridine rings is 2. The molecule has 0 radical (unpaired) electrons. The van der Waals surface area contributed by atoms with Crippen molar-refractivity contribution in [3.63, 3.8) is 0 Å². The summed E-state index contributed by atoms with van der Waals surface area (Å²) < 4.78 is 15.6. The van der Waals surface area contributed by atoms with E-state index in [1.54, 1.807) is 12.1 Å². The van der Waals surface area contributed by atoms with Crippen molar-refractivity contribution in [1.82, 2.24) is 14.5 Å². The number of rotatable bonds is 3. The number of benzene rings is 1. The quantitative estimate of drug-likeness (QED) is 0.489. The number of hydrogen-bond acceptors (Lipinski definition) is 4. The van der Waals surface area contributed by atoms with Gasteiger partial charge in [0.2, 0.25) is 0 Å². The van der Waals surface area contributed by atoms with Gasteiger partial charge in [0.25, 0.3) is 0 Å². The van der Waals surface area contributed by atoms with Crippen molar-refractivity contribution in [2.45, 2.75) is 13.5 Å². The Morgan fingerprint density at radius 1 is 1.11 bits per heavy atom. The van der Waals surface area contributed by atoms with Gasteiger partial charge in [-0.2, -0.15) is 0 Å². The van der Waals surface area contributed by atoms with Crippen molar-refractivity contribution in [2.24, 2.45) is 12.0 Å². The maximum atomic E-state index is 13.6. The first-order valence-corrected chi connectivity index (χ1v) is 11.5. The highest BCUT2D eigenvalue weighted by Gasteiger charge is 2.25. The van der Waals surface area contributed by atoms with Gasteiger partial charge in [-0.05, 0) is 67.6 Å². The molecule has 6 nitrogen and oxygen atoms in total. The van der Waals surface area contributed by atoms with Crippen LogP contribution in [0.15, 0.2) is 65.8 Å². The summed E-state index contributed by atoms with van der Waals surface area (Å²) in [7, 11) is 1.96. The molecule has 3 aromatic heterocycles. The number of H-pyrrole nitrogens is 1. The van der Waals surface area contributed by atoms with E-state index in [0.29, 0.717) is 13.1 Å². The summed E-state index contributed by atoms with van der Waals surface area (Å²) in [6, 6.07) is 14.4. The van der Waals surface area contributed by atoms with Gasteiger partial charge in [-0.1, -0.05) is 6.07 Å². The standard InChI is InChI=1S/C28H24FN5O/c1-17-4-3-5-19(31-17)16-30-22-12-14-33(2)27-21(22)10-11-24-25-23(32-28(35)26(25)27)13-15-34(24)20-8-6-18(29)7-9-20/h3-14,32,35H,15-16H2,1-2H3. The number of aromatic nitrogens is 3. The van der Waals surface area contributed by atoms with Crippen LogP contribution in [0.5, 0.6) is 5.88 Å².